The Bertz CT molecular complexity index is 512. The van der Waals surface area contributed by atoms with Crippen LogP contribution in [0.4, 0.5) is 0 Å². The maximum Gasteiger partial charge on any atom is 0.140 e. The van der Waals surface area contributed by atoms with Crippen LogP contribution in [-0.4, -0.2) is 29.5 Å². The van der Waals surface area contributed by atoms with Gasteiger partial charge in [-0.05, 0) is 0 Å². The number of halogens is 15. The van der Waals surface area contributed by atoms with Crippen LogP contribution >= 0.6 is 339 Å². The maximum absolute atomic E-state index is 12.8. The molecule has 4 rings (SSSR count). The summed E-state index contributed by atoms with van der Waals surface area (Å²) < 4.78 is -1.83. The molecule has 0 aliphatic heterocycles. The smallest absolute Gasteiger partial charge is 0.140 e. The Kier molecular flexibility index (Phi) is 10.5. The average Bonchev–Trinajstić information content (AvgIpc) is 2.46. The van der Waals surface area contributed by atoms with Crippen molar-refractivity contribution in [3.63, 3.8) is 0 Å². The minimum atomic E-state index is -0.889. The third kappa shape index (κ3) is 2.84. The van der Waals surface area contributed by atoms with Crippen molar-refractivity contribution < 1.29 is 5.11 Å². The van der Waals surface area contributed by atoms with Crippen molar-refractivity contribution in [1.82, 2.24) is 0 Å². The van der Waals surface area contributed by atoms with Crippen LogP contribution in [-0.2, 0) is 0 Å². The van der Waals surface area contributed by atoms with Crippen LogP contribution in [0.25, 0.3) is 0 Å². The molecule has 4 aliphatic rings. The molecule has 1 nitrogen and oxygen atoms in total. The number of aliphatic hydroxyl groups is 1. The van der Waals surface area contributed by atoms with E-state index < -0.39 is 5.60 Å². The van der Waals surface area contributed by atoms with Crippen LogP contribution in [0.15, 0.2) is 0 Å². The van der Waals surface area contributed by atoms with Gasteiger partial charge in [-0.1, -0.05) is 339 Å². The molecule has 4 fully saturated rings. The van der Waals surface area contributed by atoms with E-state index in [2.05, 4.69) is 339 Å². The van der Waals surface area contributed by atoms with E-state index in [1.807, 2.05) is 0 Å². The van der Waals surface area contributed by atoms with Crippen molar-refractivity contribution in [3.05, 3.63) is 0 Å². The molecule has 0 aromatic heterocycles. The molecule has 0 saturated heterocycles. The summed E-state index contributed by atoms with van der Waals surface area (Å²) in [6.45, 7) is 0. The van der Waals surface area contributed by atoms with E-state index in [1.165, 1.54) is 0 Å². The van der Waals surface area contributed by atoms with E-state index >= 15 is 0 Å². The van der Waals surface area contributed by atoms with Gasteiger partial charge < -0.3 is 5.11 Å². The van der Waals surface area contributed by atoms with Crippen LogP contribution in [0.2, 0.25) is 0 Å². The lowest BCUT2D eigenvalue weighted by Crippen LogP contribution is -3.05. The molecule has 0 spiro atoms. The lowest BCUT2D eigenvalue weighted by Gasteiger charge is -2.88. The zero-order valence-electron chi connectivity index (χ0n) is 11.1. The Morgan fingerprint density at radius 2 is 0.462 bits per heavy atom. The Morgan fingerprint density at radius 3 is 0.615 bits per heavy atom. The quantitative estimate of drug-likeness (QED) is 0.189. The Morgan fingerprint density at radius 1 is 0.308 bits per heavy atom. The Labute approximate surface area is 357 Å². The van der Waals surface area contributed by atoms with E-state index in [0.717, 1.165) is 0 Å². The summed E-state index contributed by atoms with van der Waals surface area (Å²) in [5, 5.41) is 12.8. The van der Waals surface area contributed by atoms with Gasteiger partial charge in [0.15, 0.2) is 0 Å². The maximum atomic E-state index is 12.8. The molecule has 1 N–H and O–H groups in total. The predicted molar refractivity (Wildman–Crippen MR) is 240 cm³/mol. The normalized spacial score (nSPS) is 53.5. The fourth-order valence-electron chi connectivity index (χ4n) is 3.83. The third-order valence-corrected chi connectivity index (χ3v) is 50.4. The zero-order valence-corrected chi connectivity index (χ0v) is 43.5. The summed E-state index contributed by atoms with van der Waals surface area (Å²) in [4.78, 5) is 0. The van der Waals surface area contributed by atoms with E-state index in [-0.39, 0.29) is 18.8 Å². The monoisotopic (exact) mass is 2040 g/mol. The molecule has 0 unspecified atom stereocenters. The summed E-state index contributed by atoms with van der Waals surface area (Å²) >= 11 is 40.2. The van der Waals surface area contributed by atoms with Gasteiger partial charge in [-0.25, -0.2) is 0 Å². The molecule has 4 bridgehead atoms. The van der Waals surface area contributed by atoms with E-state index in [9.17, 15) is 5.11 Å². The molecule has 16 heteroatoms. The van der Waals surface area contributed by atoms with Gasteiger partial charge in [0.2, 0.25) is 0 Å². The van der Waals surface area contributed by atoms with Gasteiger partial charge in [-0.15, -0.1) is 0 Å². The fraction of sp³-hybridized carbons (Fsp3) is 1.00. The van der Waals surface area contributed by atoms with Crippen LogP contribution in [0.3, 0.4) is 0 Å². The van der Waals surface area contributed by atoms with Gasteiger partial charge in [0, 0.05) is 0 Å². The molecule has 0 amide bonds. The Balaban J connectivity index is 2.71. The van der Waals surface area contributed by atoms with E-state index in [4.69, 9.17) is 0 Å². The highest BCUT2D eigenvalue weighted by atomic mass is 127. The molecule has 26 heavy (non-hydrogen) atoms. The first-order valence-corrected chi connectivity index (χ1v) is 22.2. The first kappa shape index (κ1) is 31.4. The van der Waals surface area contributed by atoms with E-state index in [1.54, 1.807) is 0 Å². The molecule has 0 radical (unpaired) electrons. The van der Waals surface area contributed by atoms with Crippen molar-refractivity contribution in [3.8, 4) is 0 Å². The molecule has 0 aromatic carbocycles. The van der Waals surface area contributed by atoms with Gasteiger partial charge in [-0.2, -0.15) is 0 Å². The van der Waals surface area contributed by atoms with Gasteiger partial charge in [0.1, 0.15) is 14.2 Å². The first-order chi connectivity index (χ1) is 11.0. The van der Waals surface area contributed by atoms with Crippen molar-refractivity contribution >= 4 is 339 Å². The second kappa shape index (κ2) is 8.70. The summed E-state index contributed by atoms with van der Waals surface area (Å²) in [5.41, 5.74) is -0.889. The lowest BCUT2D eigenvalue weighted by atomic mass is 9.53. The third-order valence-electron chi connectivity index (χ3n) is 5.26. The molecule has 0 heterocycles. The minimum Gasteiger partial charge on any atom is -0.383 e. The summed E-state index contributed by atoms with van der Waals surface area (Å²) in [6, 6.07) is 0. The Hall–Kier alpha value is 10.9. The molecule has 4 saturated carbocycles. The topological polar surface area (TPSA) is 20.2 Å². The van der Waals surface area contributed by atoms with Gasteiger partial charge in [0.25, 0.3) is 0 Å². The molecule has 4 aliphatic carbocycles. The number of rotatable bonds is 0. The van der Waals surface area contributed by atoms with Crippen molar-refractivity contribution in [2.24, 2.45) is 0 Å². The largest absolute Gasteiger partial charge is 0.383 e. The molecular formula is C10HI15O. The average molecular weight is 2040 g/mol. The van der Waals surface area contributed by atoms with Crippen molar-refractivity contribution in [2.75, 3.05) is 0 Å². The van der Waals surface area contributed by atoms with Gasteiger partial charge in [-0.3, -0.25) is 0 Å². The highest BCUT2D eigenvalue weighted by molar-refractivity contribution is 14.2. The number of hydrogen-bond donors (Lipinski definition) is 1. The second-order valence-corrected chi connectivity index (χ2v) is 42.8. The fourth-order valence-corrected chi connectivity index (χ4v) is 53.2. The van der Waals surface area contributed by atoms with E-state index in [0.29, 0.717) is 0 Å². The second-order valence-electron chi connectivity index (χ2n) is 6.13. The van der Waals surface area contributed by atoms with Crippen molar-refractivity contribution in [2.45, 2.75) is 24.4 Å². The highest BCUT2D eigenvalue weighted by Crippen LogP contribution is 2.98. The summed E-state index contributed by atoms with van der Waals surface area (Å²) in [5.74, 6) is 0. The number of alkyl halides is 15. The summed E-state index contributed by atoms with van der Waals surface area (Å²) in [7, 11) is 0. The lowest BCUT2D eigenvalue weighted by molar-refractivity contribution is -0.0552. The molecular weight excluding hydrogens is 2040 g/mol. The SMILES string of the molecule is OC12C(I)(I)C3(I)C(I)(I)C(I)(C1(I)I)C(I)(I)C(I)(C2(I)I)C3(I)I. The van der Waals surface area contributed by atoms with Gasteiger partial charge in [0.05, 0.1) is 10.3 Å². The molecule has 0 aromatic rings. The standard InChI is InChI=1S/C10HI15O/c11-1-5(14,15)2(12)7(18,19)3(13,6(1,16)17)10(24,25)4(26,8(1,20)21)9(2,22)23/h26H. The number of hydrogen-bond acceptors (Lipinski definition) is 1. The van der Waals surface area contributed by atoms with Crippen LogP contribution in [0.1, 0.15) is 0 Å². The van der Waals surface area contributed by atoms with Crippen LogP contribution < -0.4 is 0 Å². The first-order valence-electron chi connectivity index (χ1n) is 6.06. The van der Waals surface area contributed by atoms with Crippen molar-refractivity contribution in [1.29, 1.82) is 0 Å². The predicted octanol–water partition coefficient (Wildman–Crippen LogP) is 10.7. The van der Waals surface area contributed by atoms with Crippen LogP contribution in [0, 0.1) is 0 Å². The summed E-state index contributed by atoms with van der Waals surface area (Å²) in [6.07, 6.45) is 0. The minimum absolute atomic E-state index is 0.0865. The highest BCUT2D eigenvalue weighted by Gasteiger charge is 3.06. The molecule has 0 atom stereocenters. The zero-order chi connectivity index (χ0) is 21.0. The molecule has 152 valence electrons. The van der Waals surface area contributed by atoms with Gasteiger partial charge >= 0.3 is 0 Å². The van der Waals surface area contributed by atoms with Crippen LogP contribution in [0.5, 0.6) is 0 Å².